The molecule has 0 spiro atoms. The third kappa shape index (κ3) is 4.29. The maximum atomic E-state index is 12.7. The van der Waals surface area contributed by atoms with E-state index in [9.17, 15) is 9.18 Å². The summed E-state index contributed by atoms with van der Waals surface area (Å²) in [4.78, 5) is 13.8. The summed E-state index contributed by atoms with van der Waals surface area (Å²) in [7, 11) is 1.92. The molecule has 1 saturated carbocycles. The first-order valence-corrected chi connectivity index (χ1v) is 6.52. The van der Waals surface area contributed by atoms with E-state index in [4.69, 9.17) is 5.73 Å². The summed E-state index contributed by atoms with van der Waals surface area (Å²) in [5, 5.41) is 2.75. The smallest absolute Gasteiger partial charge is 0.238 e. The van der Waals surface area contributed by atoms with Gasteiger partial charge < -0.3 is 11.1 Å². The van der Waals surface area contributed by atoms with Crippen molar-refractivity contribution in [3.8, 4) is 0 Å². The van der Waals surface area contributed by atoms with Gasteiger partial charge in [0.1, 0.15) is 5.82 Å². The van der Waals surface area contributed by atoms with Gasteiger partial charge in [0.15, 0.2) is 0 Å². The Kier molecular flexibility index (Phi) is 4.50. The molecule has 0 atom stereocenters. The van der Waals surface area contributed by atoms with Crippen molar-refractivity contribution in [1.82, 2.24) is 4.90 Å². The fourth-order valence-electron chi connectivity index (χ4n) is 2.42. The third-order valence-electron chi connectivity index (χ3n) is 3.38. The Morgan fingerprint density at radius 3 is 2.63 bits per heavy atom. The second-order valence-corrected chi connectivity index (χ2v) is 5.35. The van der Waals surface area contributed by atoms with Crippen molar-refractivity contribution in [3.63, 3.8) is 0 Å². The number of halogens is 1. The molecule has 4 nitrogen and oxygen atoms in total. The Morgan fingerprint density at radius 2 is 2.05 bits per heavy atom. The molecular weight excluding hydrogens is 245 g/mol. The number of hydrogen-bond acceptors (Lipinski definition) is 3. The number of nitrogens with two attached hydrogens (primary N) is 1. The molecule has 0 radical (unpaired) electrons. The summed E-state index contributed by atoms with van der Waals surface area (Å²) in [6, 6.07) is 6.10. The summed E-state index contributed by atoms with van der Waals surface area (Å²) in [6.07, 6.45) is 2.09. The molecule has 1 amide bonds. The lowest BCUT2D eigenvalue weighted by Gasteiger charge is -2.35. The molecule has 1 aromatic carbocycles. The first kappa shape index (κ1) is 14.0. The van der Waals surface area contributed by atoms with Crippen LogP contribution in [-0.4, -0.2) is 37.0 Å². The van der Waals surface area contributed by atoms with Gasteiger partial charge in [-0.3, -0.25) is 9.69 Å². The molecule has 3 N–H and O–H groups in total. The number of carbonyl (C=O) groups excluding carboxylic acids is 1. The van der Waals surface area contributed by atoms with Crippen LogP contribution in [0.15, 0.2) is 24.3 Å². The highest BCUT2D eigenvalue weighted by molar-refractivity contribution is 5.92. The average molecular weight is 265 g/mol. The zero-order valence-electron chi connectivity index (χ0n) is 11.1. The summed E-state index contributed by atoms with van der Waals surface area (Å²) in [5.74, 6) is 0.216. The van der Waals surface area contributed by atoms with E-state index >= 15 is 0 Å². The van der Waals surface area contributed by atoms with Crippen molar-refractivity contribution >= 4 is 11.6 Å². The molecule has 0 unspecified atom stereocenters. The van der Waals surface area contributed by atoms with E-state index in [2.05, 4.69) is 5.32 Å². The molecule has 0 aromatic heterocycles. The van der Waals surface area contributed by atoms with E-state index in [1.807, 2.05) is 11.9 Å². The second-order valence-electron chi connectivity index (χ2n) is 5.35. The van der Waals surface area contributed by atoms with Crippen LogP contribution in [-0.2, 0) is 4.79 Å². The molecule has 0 heterocycles. The van der Waals surface area contributed by atoms with E-state index in [0.717, 1.165) is 19.4 Å². The Labute approximate surface area is 112 Å². The second kappa shape index (κ2) is 6.12. The molecule has 2 rings (SSSR count). The van der Waals surface area contributed by atoms with Crippen molar-refractivity contribution in [2.24, 2.45) is 11.7 Å². The Bertz CT molecular complexity index is 429. The Hall–Kier alpha value is -1.46. The van der Waals surface area contributed by atoms with Crippen molar-refractivity contribution in [2.45, 2.75) is 18.9 Å². The van der Waals surface area contributed by atoms with Crippen LogP contribution >= 0.6 is 0 Å². The Balaban J connectivity index is 1.72. The monoisotopic (exact) mass is 265 g/mol. The van der Waals surface area contributed by atoms with Crippen LogP contribution in [0.2, 0.25) is 0 Å². The number of benzene rings is 1. The fraction of sp³-hybridized carbons (Fsp3) is 0.500. The molecule has 0 bridgehead atoms. The van der Waals surface area contributed by atoms with Crippen LogP contribution in [0, 0.1) is 11.7 Å². The molecule has 1 fully saturated rings. The van der Waals surface area contributed by atoms with Crippen molar-refractivity contribution < 1.29 is 9.18 Å². The van der Waals surface area contributed by atoms with E-state index < -0.39 is 0 Å². The number of likely N-dealkylation sites (N-methyl/N-ethyl adjacent to an activating group) is 1. The zero-order valence-corrected chi connectivity index (χ0v) is 11.1. The van der Waals surface area contributed by atoms with Crippen LogP contribution in [0.1, 0.15) is 12.8 Å². The molecular formula is C14H20FN3O. The average Bonchev–Trinajstić information content (AvgIpc) is 2.30. The maximum absolute atomic E-state index is 12.7. The lowest BCUT2D eigenvalue weighted by Crippen LogP contribution is -2.43. The van der Waals surface area contributed by atoms with Gasteiger partial charge in [-0.1, -0.05) is 0 Å². The summed E-state index contributed by atoms with van der Waals surface area (Å²) in [5.41, 5.74) is 6.35. The zero-order chi connectivity index (χ0) is 13.8. The standard InChI is InChI=1S/C14H20FN3O/c1-18(8-10-6-12(16)7-10)9-14(19)17-13-4-2-11(15)3-5-13/h2-5,10,12H,6-9,16H2,1H3,(H,17,19). The first-order chi connectivity index (χ1) is 9.02. The highest BCUT2D eigenvalue weighted by atomic mass is 19.1. The van der Waals surface area contributed by atoms with Crippen LogP contribution in [0.4, 0.5) is 10.1 Å². The lowest BCUT2D eigenvalue weighted by atomic mass is 9.81. The molecule has 1 aromatic rings. The van der Waals surface area contributed by atoms with Gasteiger partial charge in [0.2, 0.25) is 5.91 Å². The molecule has 104 valence electrons. The van der Waals surface area contributed by atoms with Crippen molar-refractivity contribution in [1.29, 1.82) is 0 Å². The fourth-order valence-corrected chi connectivity index (χ4v) is 2.42. The summed E-state index contributed by atoms with van der Waals surface area (Å²) < 4.78 is 12.7. The van der Waals surface area contributed by atoms with Crippen LogP contribution in [0.3, 0.4) is 0 Å². The van der Waals surface area contributed by atoms with E-state index in [1.165, 1.54) is 12.1 Å². The van der Waals surface area contributed by atoms with Gasteiger partial charge in [-0.05, 0) is 50.1 Å². The number of amides is 1. The van der Waals surface area contributed by atoms with Crippen molar-refractivity contribution in [3.05, 3.63) is 30.1 Å². The van der Waals surface area contributed by atoms with Gasteiger partial charge in [-0.2, -0.15) is 0 Å². The number of rotatable bonds is 5. The third-order valence-corrected chi connectivity index (χ3v) is 3.38. The van der Waals surface area contributed by atoms with Crippen LogP contribution in [0.25, 0.3) is 0 Å². The number of hydrogen-bond donors (Lipinski definition) is 2. The van der Waals surface area contributed by atoms with E-state index in [0.29, 0.717) is 24.2 Å². The highest BCUT2D eigenvalue weighted by Gasteiger charge is 2.26. The minimum atomic E-state index is -0.309. The van der Waals surface area contributed by atoms with Gasteiger partial charge in [0, 0.05) is 18.3 Å². The molecule has 0 aliphatic heterocycles. The first-order valence-electron chi connectivity index (χ1n) is 6.52. The van der Waals surface area contributed by atoms with Crippen molar-refractivity contribution in [2.75, 3.05) is 25.5 Å². The predicted octanol–water partition coefficient (Wildman–Crippen LogP) is 1.43. The summed E-state index contributed by atoms with van der Waals surface area (Å²) >= 11 is 0. The predicted molar refractivity (Wildman–Crippen MR) is 73.2 cm³/mol. The topological polar surface area (TPSA) is 58.4 Å². The van der Waals surface area contributed by atoms with Gasteiger partial charge in [-0.25, -0.2) is 4.39 Å². The molecule has 19 heavy (non-hydrogen) atoms. The lowest BCUT2D eigenvalue weighted by molar-refractivity contribution is -0.117. The van der Waals surface area contributed by atoms with Gasteiger partial charge in [0.05, 0.1) is 6.54 Å². The number of nitrogens with zero attached hydrogens (tertiary/aromatic N) is 1. The summed E-state index contributed by atoms with van der Waals surface area (Å²) in [6.45, 7) is 1.23. The SMILES string of the molecule is CN(CC(=O)Nc1ccc(F)cc1)CC1CC(N)C1. The molecule has 0 saturated heterocycles. The highest BCUT2D eigenvalue weighted by Crippen LogP contribution is 2.25. The maximum Gasteiger partial charge on any atom is 0.238 e. The minimum Gasteiger partial charge on any atom is -0.328 e. The van der Waals surface area contributed by atoms with Crippen LogP contribution in [0.5, 0.6) is 0 Å². The van der Waals surface area contributed by atoms with Crippen LogP contribution < -0.4 is 11.1 Å². The number of anilines is 1. The minimum absolute atomic E-state index is 0.0854. The van der Waals surface area contributed by atoms with Gasteiger partial charge in [0.25, 0.3) is 0 Å². The largest absolute Gasteiger partial charge is 0.328 e. The molecule has 1 aliphatic carbocycles. The quantitative estimate of drug-likeness (QED) is 0.847. The van der Waals surface area contributed by atoms with E-state index in [-0.39, 0.29) is 11.7 Å². The number of nitrogens with one attached hydrogen (secondary N) is 1. The van der Waals surface area contributed by atoms with E-state index in [1.54, 1.807) is 12.1 Å². The molecule has 5 heteroatoms. The van der Waals surface area contributed by atoms with Gasteiger partial charge in [-0.15, -0.1) is 0 Å². The molecule has 1 aliphatic rings. The van der Waals surface area contributed by atoms with Gasteiger partial charge >= 0.3 is 0 Å². The normalized spacial score (nSPS) is 22.1. The Morgan fingerprint density at radius 1 is 1.42 bits per heavy atom. The number of carbonyl (C=O) groups is 1.